The van der Waals surface area contributed by atoms with Crippen molar-refractivity contribution in [3.05, 3.63) is 33.8 Å². The van der Waals surface area contributed by atoms with Crippen LogP contribution in [0.2, 0.25) is 0 Å². The van der Waals surface area contributed by atoms with Crippen molar-refractivity contribution in [1.82, 2.24) is 4.90 Å². The van der Waals surface area contributed by atoms with Crippen molar-refractivity contribution in [2.45, 2.75) is 13.0 Å². The molecule has 1 amide bonds. The monoisotopic (exact) mass is 319 g/mol. The Morgan fingerprint density at radius 1 is 1.44 bits per heavy atom. The molecular formula is C12H12BrF2NO2. The Kier molecular flexibility index (Phi) is 3.97. The molecule has 1 heterocycles. The minimum absolute atomic E-state index is 0.00638. The lowest BCUT2D eigenvalue weighted by atomic mass is 10.1. The topological polar surface area (TPSA) is 29.5 Å². The number of amides is 1. The number of morpholine rings is 1. The predicted octanol–water partition coefficient (Wildman–Crippen LogP) is 2.59. The van der Waals surface area contributed by atoms with E-state index in [1.54, 1.807) is 0 Å². The molecule has 0 aromatic heterocycles. The van der Waals surface area contributed by atoms with Crippen LogP contribution < -0.4 is 0 Å². The Balaban J connectivity index is 2.25. The summed E-state index contributed by atoms with van der Waals surface area (Å²) in [7, 11) is 0. The highest BCUT2D eigenvalue weighted by molar-refractivity contribution is 9.10. The molecule has 0 unspecified atom stereocenters. The van der Waals surface area contributed by atoms with Gasteiger partial charge in [0.25, 0.3) is 5.91 Å². The van der Waals surface area contributed by atoms with Crippen LogP contribution in [0.1, 0.15) is 17.3 Å². The van der Waals surface area contributed by atoms with Gasteiger partial charge in [0, 0.05) is 13.1 Å². The molecule has 18 heavy (non-hydrogen) atoms. The van der Waals surface area contributed by atoms with E-state index in [1.807, 2.05) is 6.92 Å². The van der Waals surface area contributed by atoms with E-state index in [-0.39, 0.29) is 16.1 Å². The summed E-state index contributed by atoms with van der Waals surface area (Å²) in [4.78, 5) is 13.6. The average Bonchev–Trinajstić information content (AvgIpc) is 2.33. The quantitative estimate of drug-likeness (QED) is 0.745. The van der Waals surface area contributed by atoms with Crippen molar-refractivity contribution >= 4 is 21.8 Å². The van der Waals surface area contributed by atoms with Gasteiger partial charge in [-0.05, 0) is 35.0 Å². The lowest BCUT2D eigenvalue weighted by Crippen LogP contribution is -2.44. The van der Waals surface area contributed by atoms with Gasteiger partial charge in [-0.1, -0.05) is 0 Å². The second kappa shape index (κ2) is 5.32. The second-order valence-electron chi connectivity index (χ2n) is 4.18. The van der Waals surface area contributed by atoms with Crippen molar-refractivity contribution in [2.24, 2.45) is 0 Å². The molecule has 0 aliphatic carbocycles. The van der Waals surface area contributed by atoms with Gasteiger partial charge in [-0.25, -0.2) is 8.78 Å². The first-order valence-corrected chi connectivity index (χ1v) is 6.33. The van der Waals surface area contributed by atoms with Crippen LogP contribution in [0.5, 0.6) is 0 Å². The predicted molar refractivity (Wildman–Crippen MR) is 65.4 cm³/mol. The van der Waals surface area contributed by atoms with Crippen molar-refractivity contribution in [2.75, 3.05) is 19.7 Å². The molecule has 1 aliphatic heterocycles. The lowest BCUT2D eigenvalue weighted by Gasteiger charge is -2.31. The number of hydrogen-bond acceptors (Lipinski definition) is 2. The molecule has 0 bridgehead atoms. The standard InChI is InChI=1S/C12H12BrF2NO2/c1-7-6-16(2-3-18-7)12(17)8-4-11(15)9(13)5-10(8)14/h4-5,7H,2-3,6H2,1H3/t7-/m1/s1. The first kappa shape index (κ1) is 13.4. The number of benzene rings is 1. The summed E-state index contributed by atoms with van der Waals surface area (Å²) in [6.45, 7) is 3.02. The summed E-state index contributed by atoms with van der Waals surface area (Å²) in [5, 5.41) is 0. The van der Waals surface area contributed by atoms with E-state index in [2.05, 4.69) is 15.9 Å². The summed E-state index contributed by atoms with van der Waals surface area (Å²) < 4.78 is 32.3. The summed E-state index contributed by atoms with van der Waals surface area (Å²) in [5.74, 6) is -1.89. The van der Waals surface area contributed by atoms with E-state index in [1.165, 1.54) is 4.90 Å². The molecule has 1 aromatic carbocycles. The zero-order valence-corrected chi connectivity index (χ0v) is 11.3. The minimum atomic E-state index is -0.729. The van der Waals surface area contributed by atoms with Crippen LogP contribution in [-0.2, 0) is 4.74 Å². The van der Waals surface area contributed by atoms with Crippen LogP contribution in [0.4, 0.5) is 8.78 Å². The maximum Gasteiger partial charge on any atom is 0.257 e. The molecule has 1 aliphatic rings. The van der Waals surface area contributed by atoms with Gasteiger partial charge in [-0.2, -0.15) is 0 Å². The second-order valence-corrected chi connectivity index (χ2v) is 5.03. The normalized spacial score (nSPS) is 20.0. The zero-order valence-electron chi connectivity index (χ0n) is 9.75. The molecule has 1 saturated heterocycles. The van der Waals surface area contributed by atoms with Crippen LogP contribution >= 0.6 is 15.9 Å². The van der Waals surface area contributed by atoms with Crippen LogP contribution in [0.3, 0.4) is 0 Å². The first-order valence-electron chi connectivity index (χ1n) is 5.54. The maximum absolute atomic E-state index is 13.7. The van der Waals surface area contributed by atoms with Crippen molar-refractivity contribution in [3.8, 4) is 0 Å². The average molecular weight is 320 g/mol. The number of nitrogens with zero attached hydrogens (tertiary/aromatic N) is 1. The highest BCUT2D eigenvalue weighted by atomic mass is 79.9. The van der Waals surface area contributed by atoms with Crippen LogP contribution in [0, 0.1) is 11.6 Å². The van der Waals surface area contributed by atoms with Gasteiger partial charge in [0.2, 0.25) is 0 Å². The summed E-state index contributed by atoms with van der Waals surface area (Å²) in [6, 6.07) is 1.88. The number of carbonyl (C=O) groups is 1. The van der Waals surface area contributed by atoms with Gasteiger partial charge in [0.15, 0.2) is 0 Å². The van der Waals surface area contributed by atoms with E-state index in [0.29, 0.717) is 19.7 Å². The lowest BCUT2D eigenvalue weighted by molar-refractivity contribution is -0.0126. The largest absolute Gasteiger partial charge is 0.375 e. The van der Waals surface area contributed by atoms with Crippen molar-refractivity contribution in [3.63, 3.8) is 0 Å². The zero-order chi connectivity index (χ0) is 13.3. The van der Waals surface area contributed by atoms with E-state index in [9.17, 15) is 13.6 Å². The van der Waals surface area contributed by atoms with E-state index < -0.39 is 17.5 Å². The van der Waals surface area contributed by atoms with Gasteiger partial charge in [0.1, 0.15) is 11.6 Å². The molecule has 6 heteroatoms. The number of rotatable bonds is 1. The van der Waals surface area contributed by atoms with E-state index in [0.717, 1.165) is 12.1 Å². The van der Waals surface area contributed by atoms with Gasteiger partial charge >= 0.3 is 0 Å². The molecule has 0 spiro atoms. The Hall–Kier alpha value is -1.01. The minimum Gasteiger partial charge on any atom is -0.375 e. The van der Waals surface area contributed by atoms with Gasteiger partial charge in [-0.15, -0.1) is 0 Å². The summed E-state index contributed by atoms with van der Waals surface area (Å²) in [6.07, 6.45) is -0.0916. The maximum atomic E-state index is 13.7. The summed E-state index contributed by atoms with van der Waals surface area (Å²) >= 11 is 2.87. The third kappa shape index (κ3) is 2.70. The summed E-state index contributed by atoms with van der Waals surface area (Å²) in [5.41, 5.74) is -0.246. The van der Waals surface area contributed by atoms with Gasteiger partial charge in [-0.3, -0.25) is 4.79 Å². The molecule has 0 N–H and O–H groups in total. The Labute approximate surface area is 112 Å². The first-order chi connectivity index (χ1) is 8.49. The molecule has 1 fully saturated rings. The Morgan fingerprint density at radius 2 is 2.17 bits per heavy atom. The number of ether oxygens (including phenoxy) is 1. The molecule has 3 nitrogen and oxygen atoms in total. The molecule has 2 rings (SSSR count). The third-order valence-electron chi connectivity index (χ3n) is 2.77. The van der Waals surface area contributed by atoms with Crippen LogP contribution in [0.15, 0.2) is 16.6 Å². The SMILES string of the molecule is C[C@@H]1CN(C(=O)c2cc(F)c(Br)cc2F)CCO1. The fraction of sp³-hybridized carbons (Fsp3) is 0.417. The van der Waals surface area contributed by atoms with Crippen molar-refractivity contribution < 1.29 is 18.3 Å². The third-order valence-corrected chi connectivity index (χ3v) is 3.38. The Morgan fingerprint density at radius 3 is 2.83 bits per heavy atom. The Bertz CT molecular complexity index is 481. The van der Waals surface area contributed by atoms with E-state index in [4.69, 9.17) is 4.74 Å². The number of halogens is 3. The van der Waals surface area contributed by atoms with Gasteiger partial charge in [0.05, 0.1) is 22.7 Å². The van der Waals surface area contributed by atoms with Crippen LogP contribution in [-0.4, -0.2) is 36.6 Å². The number of carbonyl (C=O) groups excluding carboxylic acids is 1. The molecule has 0 saturated carbocycles. The van der Waals surface area contributed by atoms with Crippen LogP contribution in [0.25, 0.3) is 0 Å². The molecule has 98 valence electrons. The fourth-order valence-electron chi connectivity index (χ4n) is 1.86. The smallest absolute Gasteiger partial charge is 0.257 e. The number of hydrogen-bond donors (Lipinski definition) is 0. The highest BCUT2D eigenvalue weighted by Gasteiger charge is 2.25. The fourth-order valence-corrected chi connectivity index (χ4v) is 2.18. The highest BCUT2D eigenvalue weighted by Crippen LogP contribution is 2.21. The van der Waals surface area contributed by atoms with Gasteiger partial charge < -0.3 is 9.64 Å². The molecule has 0 radical (unpaired) electrons. The van der Waals surface area contributed by atoms with Crippen molar-refractivity contribution in [1.29, 1.82) is 0 Å². The molecule has 1 aromatic rings. The molecule has 1 atom stereocenters. The molecular weight excluding hydrogens is 308 g/mol. The van der Waals surface area contributed by atoms with E-state index >= 15 is 0 Å².